The predicted octanol–water partition coefficient (Wildman–Crippen LogP) is 3.86. The fraction of sp³-hybridized carbons (Fsp3) is 0.593. The molecule has 11 nitrogen and oxygen atoms in total. The quantitative estimate of drug-likeness (QED) is 0.418. The molecule has 0 bridgehead atoms. The molecule has 3 atom stereocenters. The SMILES string of the molecule is CC1C(C(=O)NCc2nc(-c3cc4c(C(=O)N[C@@H]5CCCN(C)C5)csc4n3CC(F)(F)F)no2)C=NN1C(C)(C)C. The minimum absolute atomic E-state index is 0.0343. The van der Waals surface area contributed by atoms with Gasteiger partial charge < -0.3 is 24.6 Å². The summed E-state index contributed by atoms with van der Waals surface area (Å²) in [5.41, 5.74) is 0.121. The number of nitrogens with one attached hydrogen (secondary N) is 2. The number of likely N-dealkylation sites (tertiary alicyclic amines) is 1. The Hall–Kier alpha value is -3.46. The van der Waals surface area contributed by atoms with Crippen molar-refractivity contribution in [3.05, 3.63) is 22.9 Å². The lowest BCUT2D eigenvalue weighted by Crippen LogP contribution is -2.46. The van der Waals surface area contributed by atoms with Crippen LogP contribution in [0.2, 0.25) is 0 Å². The number of carbonyl (C=O) groups excluding carboxylic acids is 2. The van der Waals surface area contributed by atoms with E-state index in [1.54, 1.807) is 11.6 Å². The van der Waals surface area contributed by atoms with Gasteiger partial charge >= 0.3 is 6.18 Å². The molecule has 2 aliphatic heterocycles. The van der Waals surface area contributed by atoms with Crippen LogP contribution in [0.4, 0.5) is 13.2 Å². The van der Waals surface area contributed by atoms with Crippen LogP contribution in [0.3, 0.4) is 0 Å². The highest BCUT2D eigenvalue weighted by Crippen LogP contribution is 2.36. The van der Waals surface area contributed by atoms with Crippen molar-refractivity contribution in [2.75, 3.05) is 20.1 Å². The van der Waals surface area contributed by atoms with Gasteiger partial charge in [-0.3, -0.25) is 14.6 Å². The van der Waals surface area contributed by atoms with E-state index in [2.05, 4.69) is 30.8 Å². The number of fused-ring (bicyclic) bond motifs is 1. The van der Waals surface area contributed by atoms with E-state index in [0.29, 0.717) is 17.5 Å². The first-order chi connectivity index (χ1) is 19.7. The lowest BCUT2D eigenvalue weighted by molar-refractivity contribution is -0.139. The maximum absolute atomic E-state index is 13.6. The molecule has 0 spiro atoms. The number of piperidine rings is 1. The summed E-state index contributed by atoms with van der Waals surface area (Å²) in [6.07, 6.45) is -1.13. The van der Waals surface area contributed by atoms with Gasteiger partial charge in [-0.05, 0) is 60.2 Å². The molecule has 228 valence electrons. The molecule has 0 radical (unpaired) electrons. The van der Waals surface area contributed by atoms with Crippen LogP contribution in [0, 0.1) is 5.92 Å². The third-order valence-electron chi connectivity index (χ3n) is 7.53. The van der Waals surface area contributed by atoms with E-state index < -0.39 is 18.6 Å². The molecule has 0 aliphatic carbocycles. The normalized spacial score (nSPS) is 21.8. The number of hydrogen-bond donors (Lipinski definition) is 2. The molecule has 1 fully saturated rings. The standard InChI is InChI=1S/C27H35F3N8O3S/c1-15-18(10-32-38(15)26(2,3)4)23(39)31-11-21-34-22(35-41-21)20-9-17-19(13-42-25(17)37(20)14-27(28,29)30)24(40)33-16-7-6-8-36(5)12-16/h9-10,13,15-16,18H,6-8,11-12,14H2,1-5H3,(H,31,39)(H,33,40)/t15?,16-,18?/m1/s1. The molecule has 42 heavy (non-hydrogen) atoms. The van der Waals surface area contributed by atoms with Gasteiger partial charge in [0, 0.05) is 35.1 Å². The fourth-order valence-electron chi connectivity index (χ4n) is 5.58. The first kappa shape index (κ1) is 30.0. The molecule has 3 aromatic heterocycles. The minimum atomic E-state index is -4.53. The van der Waals surface area contributed by atoms with Crippen LogP contribution in [-0.2, 0) is 17.9 Å². The number of rotatable bonds is 7. The molecule has 2 aliphatic rings. The van der Waals surface area contributed by atoms with Crippen LogP contribution in [0.1, 0.15) is 56.8 Å². The average Bonchev–Trinajstić information content (AvgIpc) is 3.65. The number of aromatic nitrogens is 3. The molecular formula is C27H35F3N8O3S. The maximum Gasteiger partial charge on any atom is 0.406 e. The molecule has 0 aromatic carbocycles. The molecule has 1 saturated heterocycles. The van der Waals surface area contributed by atoms with Gasteiger partial charge in [0.05, 0.1) is 29.8 Å². The predicted molar refractivity (Wildman–Crippen MR) is 152 cm³/mol. The van der Waals surface area contributed by atoms with Crippen LogP contribution < -0.4 is 10.6 Å². The summed E-state index contributed by atoms with van der Waals surface area (Å²) in [5, 5.41) is 17.9. The topological polar surface area (TPSA) is 121 Å². The smallest absolute Gasteiger partial charge is 0.348 e. The molecule has 3 aromatic rings. The molecule has 2 amide bonds. The zero-order chi connectivity index (χ0) is 30.4. The second-order valence-electron chi connectivity index (χ2n) is 11.9. The first-order valence-electron chi connectivity index (χ1n) is 13.8. The third-order valence-corrected chi connectivity index (χ3v) is 8.54. The number of nitrogens with zero attached hydrogens (tertiary/aromatic N) is 6. The van der Waals surface area contributed by atoms with E-state index in [1.165, 1.54) is 6.07 Å². The average molecular weight is 609 g/mol. The maximum atomic E-state index is 13.6. The lowest BCUT2D eigenvalue weighted by Gasteiger charge is -2.35. The summed E-state index contributed by atoms with van der Waals surface area (Å²) in [7, 11) is 1.99. The highest BCUT2D eigenvalue weighted by molar-refractivity contribution is 7.17. The van der Waals surface area contributed by atoms with Gasteiger partial charge in [-0.2, -0.15) is 23.3 Å². The molecule has 15 heteroatoms. The van der Waals surface area contributed by atoms with Gasteiger partial charge in [0.15, 0.2) is 0 Å². The Bertz CT molecular complexity index is 1490. The Morgan fingerprint density at radius 2 is 2.00 bits per heavy atom. The van der Waals surface area contributed by atoms with Gasteiger partial charge in [-0.25, -0.2) is 0 Å². The minimum Gasteiger partial charge on any atom is -0.348 e. The van der Waals surface area contributed by atoms with Crippen molar-refractivity contribution in [1.29, 1.82) is 0 Å². The Morgan fingerprint density at radius 1 is 1.24 bits per heavy atom. The van der Waals surface area contributed by atoms with Gasteiger partial charge in [0.1, 0.15) is 11.4 Å². The van der Waals surface area contributed by atoms with Crippen molar-refractivity contribution in [2.45, 2.75) is 77.4 Å². The van der Waals surface area contributed by atoms with Gasteiger partial charge in [-0.1, -0.05) is 5.16 Å². The lowest BCUT2D eigenvalue weighted by atomic mass is 9.98. The van der Waals surface area contributed by atoms with E-state index in [0.717, 1.165) is 35.3 Å². The van der Waals surface area contributed by atoms with E-state index in [4.69, 9.17) is 4.52 Å². The first-order valence-corrected chi connectivity index (χ1v) is 14.7. The number of carbonyl (C=O) groups is 2. The second-order valence-corrected chi connectivity index (χ2v) is 12.8. The van der Waals surface area contributed by atoms with Gasteiger partial charge in [0.2, 0.25) is 17.6 Å². The second kappa shape index (κ2) is 11.3. The molecule has 5 heterocycles. The monoisotopic (exact) mass is 608 g/mol. The van der Waals surface area contributed by atoms with Crippen LogP contribution >= 0.6 is 11.3 Å². The Labute approximate surface area is 245 Å². The van der Waals surface area contributed by atoms with Crippen LogP contribution in [0.15, 0.2) is 21.1 Å². The summed E-state index contributed by atoms with van der Waals surface area (Å²) >= 11 is 1.06. The number of thiophene rings is 1. The number of halogens is 3. The largest absolute Gasteiger partial charge is 0.406 e. The molecule has 2 unspecified atom stereocenters. The van der Waals surface area contributed by atoms with Crippen molar-refractivity contribution < 1.29 is 27.3 Å². The van der Waals surface area contributed by atoms with E-state index in [-0.39, 0.29) is 58.2 Å². The molecule has 2 N–H and O–H groups in total. The van der Waals surface area contributed by atoms with E-state index >= 15 is 0 Å². The summed E-state index contributed by atoms with van der Waals surface area (Å²) in [6.45, 7) is 8.21. The van der Waals surface area contributed by atoms with E-state index in [9.17, 15) is 22.8 Å². The number of hydrogen-bond acceptors (Lipinski definition) is 9. The summed E-state index contributed by atoms with van der Waals surface area (Å²) < 4.78 is 47.2. The fourth-order valence-corrected chi connectivity index (χ4v) is 6.63. The van der Waals surface area contributed by atoms with E-state index in [1.807, 2.05) is 39.8 Å². The van der Waals surface area contributed by atoms with Gasteiger partial charge in [-0.15, -0.1) is 11.3 Å². The Kier molecular flexibility index (Phi) is 8.09. The van der Waals surface area contributed by atoms with Crippen molar-refractivity contribution in [2.24, 2.45) is 11.0 Å². The summed E-state index contributed by atoms with van der Waals surface area (Å²) in [4.78, 5) is 32.7. The van der Waals surface area contributed by atoms with Crippen molar-refractivity contribution in [3.8, 4) is 11.5 Å². The third kappa shape index (κ3) is 6.31. The molecule has 5 rings (SSSR count). The van der Waals surface area contributed by atoms with Crippen molar-refractivity contribution >= 4 is 39.6 Å². The summed E-state index contributed by atoms with van der Waals surface area (Å²) in [6, 6.07) is 1.30. The molecule has 0 saturated carbocycles. The van der Waals surface area contributed by atoms with Crippen LogP contribution in [0.5, 0.6) is 0 Å². The highest BCUT2D eigenvalue weighted by atomic mass is 32.1. The number of alkyl halides is 3. The zero-order valence-corrected chi connectivity index (χ0v) is 25.0. The number of amides is 2. The van der Waals surface area contributed by atoms with Gasteiger partial charge in [0.25, 0.3) is 5.91 Å². The van der Waals surface area contributed by atoms with Crippen LogP contribution in [-0.4, -0.2) is 86.6 Å². The Balaban J connectivity index is 1.34. The van der Waals surface area contributed by atoms with Crippen LogP contribution in [0.25, 0.3) is 21.7 Å². The summed E-state index contributed by atoms with van der Waals surface area (Å²) in [5.74, 6) is -1.12. The van der Waals surface area contributed by atoms with Crippen molar-refractivity contribution in [3.63, 3.8) is 0 Å². The zero-order valence-electron chi connectivity index (χ0n) is 24.2. The number of hydrazone groups is 1. The number of likely N-dealkylation sites (N-methyl/N-ethyl adjacent to an activating group) is 1. The highest BCUT2D eigenvalue weighted by Gasteiger charge is 2.38. The Morgan fingerprint density at radius 3 is 2.67 bits per heavy atom. The molecular weight excluding hydrogens is 573 g/mol. The van der Waals surface area contributed by atoms with Crippen molar-refractivity contribution in [1.82, 2.24) is 35.3 Å².